The third-order valence-electron chi connectivity index (χ3n) is 6.61. The molecule has 1 fully saturated rings. The van der Waals surface area contributed by atoms with Crippen LogP contribution in [-0.2, 0) is 21.2 Å². The van der Waals surface area contributed by atoms with Gasteiger partial charge in [0, 0.05) is 20.0 Å². The van der Waals surface area contributed by atoms with E-state index in [0.29, 0.717) is 30.3 Å². The monoisotopic (exact) mass is 537 g/mol. The van der Waals surface area contributed by atoms with Gasteiger partial charge in [0.2, 0.25) is 10.0 Å². The van der Waals surface area contributed by atoms with Crippen LogP contribution in [0.15, 0.2) is 82.7 Å². The molecule has 0 bridgehead atoms. The van der Waals surface area contributed by atoms with Crippen LogP contribution in [0.4, 0.5) is 0 Å². The van der Waals surface area contributed by atoms with Gasteiger partial charge in [0.15, 0.2) is 0 Å². The van der Waals surface area contributed by atoms with E-state index in [0.717, 1.165) is 16.7 Å². The van der Waals surface area contributed by atoms with Gasteiger partial charge >= 0.3 is 5.97 Å². The molecule has 1 aliphatic rings. The molecule has 0 aromatic heterocycles. The molecule has 10 heteroatoms. The van der Waals surface area contributed by atoms with Crippen LogP contribution in [0.2, 0.25) is 0 Å². The number of hydrogen-bond acceptors (Lipinski definition) is 6. The average Bonchev–Trinajstić information content (AvgIpc) is 2.91. The van der Waals surface area contributed by atoms with Crippen LogP contribution in [0.3, 0.4) is 0 Å². The second-order valence-corrected chi connectivity index (χ2v) is 10.7. The van der Waals surface area contributed by atoms with Crippen LogP contribution >= 0.6 is 0 Å². The van der Waals surface area contributed by atoms with Crippen LogP contribution in [0.5, 0.6) is 11.5 Å². The van der Waals surface area contributed by atoms with Crippen LogP contribution in [0.25, 0.3) is 11.1 Å². The maximum absolute atomic E-state index is 13.1. The Morgan fingerprint density at radius 3 is 2.16 bits per heavy atom. The van der Waals surface area contributed by atoms with E-state index >= 15 is 0 Å². The molecule has 0 unspecified atom stereocenters. The first-order chi connectivity index (χ1) is 18.3. The van der Waals surface area contributed by atoms with Crippen LogP contribution in [0.1, 0.15) is 12.0 Å². The molecule has 1 aliphatic heterocycles. The zero-order valence-electron chi connectivity index (χ0n) is 21.5. The predicted molar refractivity (Wildman–Crippen MR) is 145 cm³/mol. The minimum absolute atomic E-state index is 0.176. The van der Waals surface area contributed by atoms with E-state index < -0.39 is 28.1 Å². The third-order valence-corrected chi connectivity index (χ3v) is 8.53. The molecule has 0 spiro atoms. The normalized spacial score (nSPS) is 16.8. The molecule has 0 amide bonds. The second kappa shape index (κ2) is 11.7. The van der Waals surface area contributed by atoms with E-state index in [9.17, 15) is 18.3 Å². The molecule has 9 nitrogen and oxygen atoms in total. The molecule has 2 atom stereocenters. The highest BCUT2D eigenvalue weighted by Crippen LogP contribution is 2.38. The van der Waals surface area contributed by atoms with Crippen molar-refractivity contribution in [2.24, 2.45) is 4.99 Å². The first-order valence-electron chi connectivity index (χ1n) is 12.1. The Balaban J connectivity index is 1.50. The summed E-state index contributed by atoms with van der Waals surface area (Å²) in [5.74, 6) is 0.611. The van der Waals surface area contributed by atoms with Gasteiger partial charge in [-0.25, -0.2) is 13.2 Å². The van der Waals surface area contributed by atoms with Crippen LogP contribution < -0.4 is 14.8 Å². The number of benzene rings is 3. The van der Waals surface area contributed by atoms with Crippen LogP contribution in [0, 0.1) is 0 Å². The summed E-state index contributed by atoms with van der Waals surface area (Å²) in [6.07, 6.45) is 0.726. The lowest BCUT2D eigenvalue weighted by atomic mass is 9.98. The zero-order chi connectivity index (χ0) is 27.3. The van der Waals surface area contributed by atoms with Crippen molar-refractivity contribution in [2.75, 3.05) is 27.8 Å². The van der Waals surface area contributed by atoms with Gasteiger partial charge in [0.1, 0.15) is 23.4 Å². The Labute approximate surface area is 222 Å². The molecule has 1 saturated heterocycles. The number of rotatable bonds is 10. The van der Waals surface area contributed by atoms with Gasteiger partial charge in [0.05, 0.1) is 30.7 Å². The van der Waals surface area contributed by atoms with E-state index in [1.807, 2.05) is 42.5 Å². The molecule has 3 aromatic carbocycles. The lowest BCUT2D eigenvalue weighted by molar-refractivity contribution is -0.139. The lowest BCUT2D eigenvalue weighted by Gasteiger charge is -2.40. The van der Waals surface area contributed by atoms with Crippen molar-refractivity contribution in [3.05, 3.63) is 78.4 Å². The fourth-order valence-corrected chi connectivity index (χ4v) is 6.18. The number of carboxylic acid groups (broad SMARTS) is 1. The summed E-state index contributed by atoms with van der Waals surface area (Å²) in [5.41, 5.74) is 2.47. The number of aliphatic carboxylic acids is 1. The molecule has 0 aliphatic carbocycles. The number of carbonyl (C=O) groups is 1. The minimum Gasteiger partial charge on any atom is -0.496 e. The standard InChI is InChI=1S/C28H31N3O6S/c1-29-27(23-16-17-31(23)38(34,35)21-8-5-4-6-9-21)30-22(28(32)33)18-19-12-14-20(15-13-19)26-24(36-2)10-7-11-25(26)37-3/h4-15,22-23H,16-18H2,1-3H3,(H,29,30)(H,32,33)/t22-,23-/m0/s1. The van der Waals surface area contributed by atoms with Crippen molar-refractivity contribution < 1.29 is 27.8 Å². The van der Waals surface area contributed by atoms with E-state index in [4.69, 9.17) is 9.47 Å². The van der Waals surface area contributed by atoms with Gasteiger partial charge in [-0.3, -0.25) is 4.99 Å². The topological polar surface area (TPSA) is 118 Å². The van der Waals surface area contributed by atoms with Crippen LogP contribution in [-0.4, -0.2) is 69.5 Å². The number of nitrogens with zero attached hydrogens (tertiary/aromatic N) is 2. The summed E-state index contributed by atoms with van der Waals surface area (Å²) in [5, 5.41) is 12.9. The molecule has 1 heterocycles. The van der Waals surface area contributed by atoms with Gasteiger partial charge in [-0.05, 0) is 41.8 Å². The molecule has 0 saturated carbocycles. The van der Waals surface area contributed by atoms with Gasteiger partial charge in [-0.15, -0.1) is 0 Å². The third kappa shape index (κ3) is 5.51. The highest BCUT2D eigenvalue weighted by molar-refractivity contribution is 7.89. The maximum atomic E-state index is 13.1. The number of aliphatic imine (C=N–C) groups is 1. The number of carboxylic acids is 1. The maximum Gasteiger partial charge on any atom is 0.326 e. The van der Waals surface area contributed by atoms with E-state index in [-0.39, 0.29) is 11.3 Å². The first kappa shape index (κ1) is 27.2. The number of hydrogen-bond donors (Lipinski definition) is 2. The fraction of sp³-hybridized carbons (Fsp3) is 0.286. The summed E-state index contributed by atoms with van der Waals surface area (Å²) in [6.45, 7) is 0.341. The average molecular weight is 538 g/mol. The van der Waals surface area contributed by atoms with Gasteiger partial charge in [-0.1, -0.05) is 48.5 Å². The molecule has 0 radical (unpaired) electrons. The minimum atomic E-state index is -3.72. The number of ether oxygens (including phenoxy) is 2. The molecule has 2 N–H and O–H groups in total. The van der Waals surface area contributed by atoms with Gasteiger partial charge < -0.3 is 19.9 Å². The summed E-state index contributed by atoms with van der Waals surface area (Å²) >= 11 is 0. The highest BCUT2D eigenvalue weighted by atomic mass is 32.2. The fourth-order valence-electron chi connectivity index (χ4n) is 4.52. The summed E-state index contributed by atoms with van der Waals surface area (Å²) < 4.78 is 38.6. The number of amidine groups is 1. The highest BCUT2D eigenvalue weighted by Gasteiger charge is 2.42. The van der Waals surface area contributed by atoms with E-state index in [1.165, 1.54) is 11.4 Å². The van der Waals surface area contributed by atoms with Crippen molar-refractivity contribution in [1.29, 1.82) is 0 Å². The predicted octanol–water partition coefficient (Wildman–Crippen LogP) is 3.45. The number of methoxy groups -OCH3 is 2. The molecular formula is C28H31N3O6S. The first-order valence-corrected chi connectivity index (χ1v) is 13.6. The Morgan fingerprint density at radius 1 is 1.03 bits per heavy atom. The smallest absolute Gasteiger partial charge is 0.326 e. The Morgan fingerprint density at radius 2 is 1.66 bits per heavy atom. The van der Waals surface area contributed by atoms with E-state index in [1.54, 1.807) is 44.6 Å². The Kier molecular flexibility index (Phi) is 8.33. The van der Waals surface area contributed by atoms with Crippen molar-refractivity contribution in [3.8, 4) is 22.6 Å². The molecule has 38 heavy (non-hydrogen) atoms. The summed E-state index contributed by atoms with van der Waals surface area (Å²) in [6, 6.07) is 19.7. The molecule has 200 valence electrons. The van der Waals surface area contributed by atoms with Crippen molar-refractivity contribution in [3.63, 3.8) is 0 Å². The second-order valence-electron chi connectivity index (χ2n) is 8.82. The summed E-state index contributed by atoms with van der Waals surface area (Å²) in [4.78, 5) is 16.6. The Hall–Kier alpha value is -3.89. The number of nitrogens with one attached hydrogen (secondary N) is 1. The summed E-state index contributed by atoms with van der Waals surface area (Å²) in [7, 11) is 0.999. The molecular weight excluding hydrogens is 506 g/mol. The van der Waals surface area contributed by atoms with Crippen molar-refractivity contribution >= 4 is 21.8 Å². The Bertz CT molecular complexity index is 1390. The lowest BCUT2D eigenvalue weighted by Crippen LogP contribution is -2.60. The van der Waals surface area contributed by atoms with E-state index in [2.05, 4.69) is 10.3 Å². The number of sulfonamides is 1. The largest absolute Gasteiger partial charge is 0.496 e. The van der Waals surface area contributed by atoms with Gasteiger partial charge in [-0.2, -0.15) is 4.31 Å². The zero-order valence-corrected chi connectivity index (χ0v) is 22.3. The van der Waals surface area contributed by atoms with Crippen molar-refractivity contribution in [2.45, 2.75) is 29.8 Å². The SMILES string of the molecule is CN=C(N[C@@H](Cc1ccc(-c2c(OC)cccc2OC)cc1)C(=O)O)[C@@H]1CCN1S(=O)(=O)c1ccccc1. The van der Waals surface area contributed by atoms with Gasteiger partial charge in [0.25, 0.3) is 0 Å². The molecule has 4 rings (SSSR count). The molecule has 3 aromatic rings. The quantitative estimate of drug-likeness (QED) is 0.300. The van der Waals surface area contributed by atoms with Crippen molar-refractivity contribution in [1.82, 2.24) is 9.62 Å².